The topological polar surface area (TPSA) is 100 Å². The van der Waals surface area contributed by atoms with Crippen LogP contribution in [0.1, 0.15) is 47.5 Å². The minimum atomic E-state index is -4.57. The number of rotatable bonds is 7. The number of hydrogen-bond donors (Lipinski definition) is 3. The molecule has 3 N–H and O–H groups in total. The molecule has 0 atom stereocenters. The van der Waals surface area contributed by atoms with Crippen molar-refractivity contribution in [2.75, 3.05) is 5.32 Å². The number of aliphatic hydroxyl groups is 1. The molecule has 0 radical (unpaired) electrons. The van der Waals surface area contributed by atoms with Crippen LogP contribution >= 0.6 is 22.9 Å². The highest BCUT2D eigenvalue weighted by Crippen LogP contribution is 2.43. The van der Waals surface area contributed by atoms with Crippen molar-refractivity contribution in [2.24, 2.45) is 5.92 Å². The number of carbonyl (C=O) groups excluding carboxylic acids is 1. The second-order valence-electron chi connectivity index (χ2n) is 10.2. The average molecular weight is 602 g/mol. The van der Waals surface area contributed by atoms with Gasteiger partial charge in [0.15, 0.2) is 0 Å². The van der Waals surface area contributed by atoms with Crippen LogP contribution in [0.3, 0.4) is 0 Å². The van der Waals surface area contributed by atoms with Crippen molar-refractivity contribution in [1.82, 2.24) is 20.3 Å². The maximum Gasteiger partial charge on any atom is 0.433 e. The summed E-state index contributed by atoms with van der Waals surface area (Å²) in [6.07, 6.45) is 0.0573. The lowest BCUT2D eigenvalue weighted by atomic mass is 9.78. The van der Waals surface area contributed by atoms with Gasteiger partial charge >= 0.3 is 6.18 Å². The van der Waals surface area contributed by atoms with Gasteiger partial charge in [0.1, 0.15) is 16.3 Å². The summed E-state index contributed by atoms with van der Waals surface area (Å²) < 4.78 is 39.1. The molecule has 4 aromatic rings. The molecule has 0 spiro atoms. The zero-order valence-electron chi connectivity index (χ0n) is 22.0. The first-order chi connectivity index (χ1) is 19.5. The van der Waals surface area contributed by atoms with Crippen LogP contribution < -0.4 is 10.6 Å². The zero-order valence-corrected chi connectivity index (χ0v) is 23.6. The summed E-state index contributed by atoms with van der Waals surface area (Å²) in [6.45, 7) is 2.29. The van der Waals surface area contributed by atoms with Crippen LogP contribution in [0.25, 0.3) is 10.4 Å². The molecule has 7 nitrogen and oxygen atoms in total. The Kier molecular flexibility index (Phi) is 8.30. The molecule has 0 unspecified atom stereocenters. The Morgan fingerprint density at radius 1 is 1.12 bits per heavy atom. The van der Waals surface area contributed by atoms with Gasteiger partial charge < -0.3 is 15.7 Å². The number of aromatic nitrogens is 3. The van der Waals surface area contributed by atoms with Gasteiger partial charge in [-0.05, 0) is 79.6 Å². The van der Waals surface area contributed by atoms with Crippen LogP contribution in [0.5, 0.6) is 0 Å². The molecule has 0 saturated heterocycles. The smallest absolute Gasteiger partial charge is 0.383 e. The van der Waals surface area contributed by atoms with Crippen LogP contribution in [0, 0.1) is 12.8 Å². The Hall–Kier alpha value is -3.54. The van der Waals surface area contributed by atoms with Gasteiger partial charge in [-0.2, -0.15) is 13.2 Å². The van der Waals surface area contributed by atoms with E-state index in [0.717, 1.165) is 33.8 Å². The van der Waals surface area contributed by atoms with Gasteiger partial charge in [0.25, 0.3) is 0 Å². The Balaban J connectivity index is 1.23. The van der Waals surface area contributed by atoms with E-state index in [9.17, 15) is 23.1 Å². The van der Waals surface area contributed by atoms with Crippen LogP contribution in [-0.2, 0) is 23.1 Å². The van der Waals surface area contributed by atoms with Gasteiger partial charge in [0, 0.05) is 35.6 Å². The van der Waals surface area contributed by atoms with Gasteiger partial charge in [-0.3, -0.25) is 4.79 Å². The molecule has 2 aromatic heterocycles. The monoisotopic (exact) mass is 601 g/mol. The maximum atomic E-state index is 13.0. The van der Waals surface area contributed by atoms with Crippen LogP contribution in [0.2, 0.25) is 5.02 Å². The number of thiazole rings is 1. The van der Waals surface area contributed by atoms with E-state index in [1.165, 1.54) is 11.3 Å². The third-order valence-electron chi connectivity index (χ3n) is 7.03. The molecule has 0 bridgehead atoms. The van der Waals surface area contributed by atoms with Gasteiger partial charge in [-0.15, -0.1) is 11.3 Å². The van der Waals surface area contributed by atoms with Crippen molar-refractivity contribution in [1.29, 1.82) is 0 Å². The molecule has 1 saturated carbocycles. The normalized spacial score (nSPS) is 19.1. The van der Waals surface area contributed by atoms with Crippen molar-refractivity contribution in [2.45, 2.75) is 50.9 Å². The van der Waals surface area contributed by atoms with E-state index < -0.39 is 17.5 Å². The Morgan fingerprint density at radius 3 is 2.56 bits per heavy atom. The summed E-state index contributed by atoms with van der Waals surface area (Å²) >= 11 is 7.28. The summed E-state index contributed by atoms with van der Waals surface area (Å²) in [5, 5.41) is 18.5. The highest BCUT2D eigenvalue weighted by atomic mass is 35.5. The number of halogens is 4. The molecule has 1 aliphatic rings. The minimum Gasteiger partial charge on any atom is -0.383 e. The number of hydrogen-bond acceptors (Lipinski definition) is 7. The first kappa shape index (κ1) is 29.0. The molecule has 12 heteroatoms. The summed E-state index contributed by atoms with van der Waals surface area (Å²) in [5.41, 5.74) is 0.988. The second kappa shape index (κ2) is 11.8. The Labute approximate surface area is 243 Å². The molecule has 1 amide bonds. The number of nitrogens with one attached hydrogen (secondary N) is 2. The first-order valence-electron chi connectivity index (χ1n) is 13.0. The summed E-state index contributed by atoms with van der Waals surface area (Å²) in [5.74, 6) is -0.388. The van der Waals surface area contributed by atoms with Crippen molar-refractivity contribution in [3.63, 3.8) is 0 Å². The van der Waals surface area contributed by atoms with Crippen LogP contribution in [-0.4, -0.2) is 26.0 Å². The van der Waals surface area contributed by atoms with Crippen molar-refractivity contribution < 1.29 is 23.1 Å². The molecule has 5 rings (SSSR count). The number of carbonyl (C=O) groups is 1. The fourth-order valence-electron chi connectivity index (χ4n) is 4.83. The van der Waals surface area contributed by atoms with E-state index in [-0.39, 0.29) is 17.8 Å². The highest BCUT2D eigenvalue weighted by Gasteiger charge is 2.39. The SMILES string of the molecule is Cc1cc(Nc2nccc(C(F)(F)F)n2)cc(-c2cnc([C@]3(O)CC[C@@H](C(=O)NCc4ccc(Cl)cc4)CC3)s2)c1. The third kappa shape index (κ3) is 7.03. The molecular formula is C29H27ClF3N5O2S. The number of aryl methyl sites for hydroxylation is 1. The molecule has 0 aliphatic heterocycles. The summed E-state index contributed by atoms with van der Waals surface area (Å²) in [7, 11) is 0. The van der Waals surface area contributed by atoms with Crippen molar-refractivity contribution in [3.8, 4) is 10.4 Å². The van der Waals surface area contributed by atoms with E-state index in [0.29, 0.717) is 47.9 Å². The first-order valence-corrected chi connectivity index (χ1v) is 14.2. The molecule has 2 aromatic carbocycles. The van der Waals surface area contributed by atoms with E-state index in [4.69, 9.17) is 11.6 Å². The molecular weight excluding hydrogens is 575 g/mol. The minimum absolute atomic E-state index is 0.0358. The third-order valence-corrected chi connectivity index (χ3v) is 8.52. The van der Waals surface area contributed by atoms with Gasteiger partial charge in [0.05, 0.1) is 4.88 Å². The number of alkyl halides is 3. The van der Waals surface area contributed by atoms with Gasteiger partial charge in [-0.25, -0.2) is 15.0 Å². The van der Waals surface area contributed by atoms with Crippen molar-refractivity contribution in [3.05, 3.63) is 87.8 Å². The lowest BCUT2D eigenvalue weighted by molar-refractivity contribution is -0.141. The predicted octanol–water partition coefficient (Wildman–Crippen LogP) is 7.02. The standard InChI is InChI=1S/C29H27ClF3N5O2S/c1-17-12-20(14-22(13-17)37-27-34-11-8-24(38-27)29(31,32)33)23-16-36-26(41-23)28(40)9-6-19(7-10-28)25(39)35-15-18-2-4-21(30)5-3-18/h2-5,8,11-14,16,19,40H,6-7,9-10,15H2,1H3,(H,35,39)(H,34,37,38)/t19-,28+. The van der Waals surface area contributed by atoms with Crippen molar-refractivity contribution >= 4 is 40.5 Å². The fraction of sp³-hybridized carbons (Fsp3) is 0.310. The number of anilines is 2. The van der Waals surface area contributed by atoms with E-state index >= 15 is 0 Å². The number of benzene rings is 2. The quantitative estimate of drug-likeness (QED) is 0.211. The summed E-state index contributed by atoms with van der Waals surface area (Å²) in [6, 6.07) is 13.6. The van der Waals surface area contributed by atoms with E-state index in [1.54, 1.807) is 30.5 Å². The molecule has 214 valence electrons. The van der Waals surface area contributed by atoms with Crippen LogP contribution in [0.4, 0.5) is 24.8 Å². The van der Waals surface area contributed by atoms with Crippen LogP contribution in [0.15, 0.2) is 60.9 Å². The highest BCUT2D eigenvalue weighted by molar-refractivity contribution is 7.15. The maximum absolute atomic E-state index is 13.0. The van der Waals surface area contributed by atoms with Gasteiger partial charge in [-0.1, -0.05) is 29.8 Å². The molecule has 1 aliphatic carbocycles. The Morgan fingerprint density at radius 2 is 1.85 bits per heavy atom. The molecule has 1 fully saturated rings. The Bertz CT molecular complexity index is 1540. The van der Waals surface area contributed by atoms with E-state index in [1.807, 2.05) is 25.1 Å². The largest absolute Gasteiger partial charge is 0.433 e. The molecule has 41 heavy (non-hydrogen) atoms. The summed E-state index contributed by atoms with van der Waals surface area (Å²) in [4.78, 5) is 25.5. The predicted molar refractivity (Wildman–Crippen MR) is 152 cm³/mol. The fourth-order valence-corrected chi connectivity index (χ4v) is 6.01. The number of amides is 1. The zero-order chi connectivity index (χ0) is 29.2. The molecule has 2 heterocycles. The lowest BCUT2D eigenvalue weighted by Crippen LogP contribution is -2.38. The average Bonchev–Trinajstić information content (AvgIpc) is 3.44. The van der Waals surface area contributed by atoms with E-state index in [2.05, 4.69) is 25.6 Å². The number of nitrogens with zero attached hydrogens (tertiary/aromatic N) is 3. The van der Waals surface area contributed by atoms with Gasteiger partial charge in [0.2, 0.25) is 11.9 Å². The second-order valence-corrected chi connectivity index (χ2v) is 11.6. The lowest BCUT2D eigenvalue weighted by Gasteiger charge is -2.33.